The van der Waals surface area contributed by atoms with Gasteiger partial charge in [-0.2, -0.15) is 8.42 Å². The van der Waals surface area contributed by atoms with Crippen LogP contribution in [0.25, 0.3) is 0 Å². The van der Waals surface area contributed by atoms with Crippen molar-refractivity contribution in [1.29, 1.82) is 0 Å². The zero-order valence-corrected chi connectivity index (χ0v) is 8.75. The molecule has 88 valence electrons. The third-order valence-electron chi connectivity index (χ3n) is 1.46. The molecule has 1 unspecified atom stereocenters. The molecule has 0 aromatic carbocycles. The Kier molecular flexibility index (Phi) is 9.36. The van der Waals surface area contributed by atoms with Gasteiger partial charge in [0.15, 0.2) is 0 Å². The Morgan fingerprint density at radius 1 is 1.50 bits per heavy atom. The van der Waals surface area contributed by atoms with Crippen LogP contribution in [-0.2, 0) is 15.1 Å². The van der Waals surface area contributed by atoms with E-state index in [1.165, 1.54) is 0 Å². The van der Waals surface area contributed by atoms with Crippen LogP contribution < -0.4 is 5.32 Å². The molecule has 0 amide bonds. The fourth-order valence-electron chi connectivity index (χ4n) is 0.882. The van der Waals surface area contributed by atoms with Crippen molar-refractivity contribution < 1.29 is 27.7 Å². The highest BCUT2D eigenvalue weighted by Crippen LogP contribution is 1.98. The minimum absolute atomic E-state index is 0. The Bertz CT molecular complexity index is 202. The standard InChI is InChI=1S/C6H13NO.H2O4S.H2O/c1-2-6-5-7-3-4-8-6;1-5(2,3)4;/h6-7H,2-5H2,1H3;(H2,1,2,3,4);1H2. The first kappa shape index (κ1) is 16.2. The molecular formula is C6H17NO6S. The predicted molar refractivity (Wildman–Crippen MR) is 50.7 cm³/mol. The Balaban J connectivity index is 0. The third kappa shape index (κ3) is 14.3. The number of morpholine rings is 1. The summed E-state index contributed by atoms with van der Waals surface area (Å²) in [4.78, 5) is 0. The van der Waals surface area contributed by atoms with E-state index in [4.69, 9.17) is 22.3 Å². The molecule has 1 atom stereocenters. The second kappa shape index (κ2) is 8.09. The smallest absolute Gasteiger partial charge is 0.394 e. The lowest BCUT2D eigenvalue weighted by Crippen LogP contribution is -2.37. The van der Waals surface area contributed by atoms with Crippen molar-refractivity contribution in [3.05, 3.63) is 0 Å². The number of nitrogens with one attached hydrogen (secondary N) is 1. The molecule has 0 aliphatic carbocycles. The molecule has 1 saturated heterocycles. The van der Waals surface area contributed by atoms with Crippen LogP contribution in [0.4, 0.5) is 0 Å². The molecular weight excluding hydrogens is 214 g/mol. The van der Waals surface area contributed by atoms with Gasteiger partial charge in [0.2, 0.25) is 0 Å². The summed E-state index contributed by atoms with van der Waals surface area (Å²) in [5.74, 6) is 0. The molecule has 1 heterocycles. The van der Waals surface area contributed by atoms with E-state index in [9.17, 15) is 0 Å². The fourth-order valence-corrected chi connectivity index (χ4v) is 0.882. The molecule has 5 N–H and O–H groups in total. The van der Waals surface area contributed by atoms with Crippen LogP contribution in [-0.4, -0.2) is 48.8 Å². The highest BCUT2D eigenvalue weighted by molar-refractivity contribution is 7.79. The Morgan fingerprint density at radius 3 is 2.21 bits per heavy atom. The maximum atomic E-state index is 8.74. The van der Waals surface area contributed by atoms with Gasteiger partial charge in [-0.1, -0.05) is 6.92 Å². The Labute approximate surface area is 83.3 Å². The van der Waals surface area contributed by atoms with Crippen LogP contribution in [0, 0.1) is 0 Å². The minimum atomic E-state index is -4.67. The van der Waals surface area contributed by atoms with Gasteiger partial charge in [-0.3, -0.25) is 9.11 Å². The normalized spacial score (nSPS) is 21.5. The van der Waals surface area contributed by atoms with Gasteiger partial charge in [0.05, 0.1) is 12.7 Å². The maximum Gasteiger partial charge on any atom is 0.394 e. The minimum Gasteiger partial charge on any atom is -0.412 e. The van der Waals surface area contributed by atoms with Crippen molar-refractivity contribution in [2.24, 2.45) is 0 Å². The molecule has 1 aliphatic heterocycles. The molecule has 1 aliphatic rings. The van der Waals surface area contributed by atoms with Crippen molar-refractivity contribution in [3.8, 4) is 0 Å². The molecule has 0 aromatic heterocycles. The van der Waals surface area contributed by atoms with Crippen molar-refractivity contribution in [2.75, 3.05) is 19.7 Å². The Morgan fingerprint density at radius 2 is 2.00 bits per heavy atom. The SMILES string of the molecule is CCC1CNCCO1.O.O=S(=O)(O)O. The summed E-state index contributed by atoms with van der Waals surface area (Å²) in [6.45, 7) is 5.10. The molecule has 0 spiro atoms. The van der Waals surface area contributed by atoms with Crippen LogP contribution in [0.1, 0.15) is 13.3 Å². The molecule has 7 nitrogen and oxygen atoms in total. The van der Waals surface area contributed by atoms with Crippen LogP contribution in [0.2, 0.25) is 0 Å². The first-order valence-electron chi connectivity index (χ1n) is 3.95. The van der Waals surface area contributed by atoms with E-state index >= 15 is 0 Å². The van der Waals surface area contributed by atoms with Crippen molar-refractivity contribution >= 4 is 10.4 Å². The zero-order chi connectivity index (χ0) is 10.3. The highest BCUT2D eigenvalue weighted by atomic mass is 32.3. The first-order valence-corrected chi connectivity index (χ1v) is 5.35. The largest absolute Gasteiger partial charge is 0.412 e. The number of ether oxygens (including phenoxy) is 1. The number of hydrogen-bond acceptors (Lipinski definition) is 4. The molecule has 8 heteroatoms. The van der Waals surface area contributed by atoms with Crippen molar-refractivity contribution in [1.82, 2.24) is 5.32 Å². The lowest BCUT2D eigenvalue weighted by Gasteiger charge is -2.21. The molecule has 14 heavy (non-hydrogen) atoms. The topological polar surface area (TPSA) is 127 Å². The molecule has 0 bridgehead atoms. The lowest BCUT2D eigenvalue weighted by molar-refractivity contribution is 0.0267. The average molecular weight is 231 g/mol. The van der Waals surface area contributed by atoms with Crippen molar-refractivity contribution in [2.45, 2.75) is 19.4 Å². The molecule has 0 radical (unpaired) electrons. The van der Waals surface area contributed by atoms with E-state index in [-0.39, 0.29) is 5.48 Å². The summed E-state index contributed by atoms with van der Waals surface area (Å²) < 4.78 is 36.9. The van der Waals surface area contributed by atoms with Gasteiger partial charge in [0.1, 0.15) is 0 Å². The van der Waals surface area contributed by atoms with Gasteiger partial charge in [-0.25, -0.2) is 0 Å². The second-order valence-electron chi connectivity index (χ2n) is 2.55. The molecule has 1 rings (SSSR count). The van der Waals surface area contributed by atoms with Crippen LogP contribution in [0.3, 0.4) is 0 Å². The maximum absolute atomic E-state index is 8.74. The van der Waals surface area contributed by atoms with E-state index < -0.39 is 10.4 Å². The van der Waals surface area contributed by atoms with Crippen LogP contribution in [0.15, 0.2) is 0 Å². The van der Waals surface area contributed by atoms with Crippen LogP contribution in [0.5, 0.6) is 0 Å². The summed E-state index contributed by atoms with van der Waals surface area (Å²) in [6, 6.07) is 0. The average Bonchev–Trinajstić information content (AvgIpc) is 2.03. The molecule has 1 fully saturated rings. The third-order valence-corrected chi connectivity index (χ3v) is 1.46. The van der Waals surface area contributed by atoms with Gasteiger partial charge in [-0.05, 0) is 6.42 Å². The predicted octanol–water partition coefficient (Wildman–Crippen LogP) is -1.09. The molecule has 0 saturated carbocycles. The van der Waals surface area contributed by atoms with Crippen molar-refractivity contribution in [3.63, 3.8) is 0 Å². The summed E-state index contributed by atoms with van der Waals surface area (Å²) >= 11 is 0. The Hall–Kier alpha value is -0.250. The van der Waals surface area contributed by atoms with E-state index in [0.717, 1.165) is 26.1 Å². The van der Waals surface area contributed by atoms with Gasteiger partial charge in [0, 0.05) is 13.1 Å². The lowest BCUT2D eigenvalue weighted by atomic mass is 10.2. The quantitative estimate of drug-likeness (QED) is 0.492. The van der Waals surface area contributed by atoms with E-state index in [1.54, 1.807) is 0 Å². The van der Waals surface area contributed by atoms with Crippen LogP contribution >= 0.6 is 0 Å². The van der Waals surface area contributed by atoms with Gasteiger partial charge in [0.25, 0.3) is 0 Å². The highest BCUT2D eigenvalue weighted by Gasteiger charge is 2.08. The summed E-state index contributed by atoms with van der Waals surface area (Å²) in [7, 11) is -4.67. The van der Waals surface area contributed by atoms with E-state index in [1.807, 2.05) is 0 Å². The van der Waals surface area contributed by atoms with E-state index in [0.29, 0.717) is 6.10 Å². The van der Waals surface area contributed by atoms with Gasteiger partial charge in [-0.15, -0.1) is 0 Å². The van der Waals surface area contributed by atoms with Gasteiger partial charge < -0.3 is 15.5 Å². The first-order chi connectivity index (χ1) is 5.93. The monoisotopic (exact) mass is 231 g/mol. The number of rotatable bonds is 1. The number of hydrogen-bond donors (Lipinski definition) is 3. The van der Waals surface area contributed by atoms with E-state index in [2.05, 4.69) is 12.2 Å². The zero-order valence-electron chi connectivity index (χ0n) is 7.93. The molecule has 0 aromatic rings. The second-order valence-corrected chi connectivity index (χ2v) is 3.45. The summed E-state index contributed by atoms with van der Waals surface area (Å²) in [5.41, 5.74) is 0. The summed E-state index contributed by atoms with van der Waals surface area (Å²) in [6.07, 6.45) is 1.61. The fraction of sp³-hybridized carbons (Fsp3) is 1.00. The van der Waals surface area contributed by atoms with Gasteiger partial charge >= 0.3 is 10.4 Å². The summed E-state index contributed by atoms with van der Waals surface area (Å²) in [5, 5.41) is 3.26.